The Labute approximate surface area is 181 Å². The van der Waals surface area contributed by atoms with Crippen molar-refractivity contribution in [2.24, 2.45) is 11.8 Å². The fraction of sp³-hybridized carbons (Fsp3) is 0.625. The Balaban J connectivity index is 1.97. The number of hydrogen-bond donors (Lipinski definition) is 1. The van der Waals surface area contributed by atoms with E-state index in [0.717, 1.165) is 25.8 Å². The van der Waals surface area contributed by atoms with Gasteiger partial charge in [-0.3, -0.25) is 14.4 Å². The van der Waals surface area contributed by atoms with Crippen molar-refractivity contribution in [2.45, 2.75) is 58.9 Å². The summed E-state index contributed by atoms with van der Waals surface area (Å²) in [6, 6.07) is 8.43. The maximum Gasteiger partial charge on any atom is 0.251 e. The van der Waals surface area contributed by atoms with Gasteiger partial charge in [-0.05, 0) is 37.3 Å². The van der Waals surface area contributed by atoms with Crippen LogP contribution in [0.4, 0.5) is 0 Å². The number of likely N-dealkylation sites (tertiary alicyclic amines) is 1. The predicted molar refractivity (Wildman–Crippen MR) is 119 cm³/mol. The van der Waals surface area contributed by atoms with Gasteiger partial charge in [0, 0.05) is 38.2 Å². The molecule has 1 aliphatic rings. The zero-order chi connectivity index (χ0) is 22.1. The minimum Gasteiger partial charge on any atom is -0.346 e. The molecular weight excluding hydrogens is 378 g/mol. The number of rotatable bonds is 9. The van der Waals surface area contributed by atoms with Crippen molar-refractivity contribution >= 4 is 17.7 Å². The van der Waals surface area contributed by atoms with Crippen LogP contribution in [0.2, 0.25) is 0 Å². The summed E-state index contributed by atoms with van der Waals surface area (Å²) in [7, 11) is 1.87. The van der Waals surface area contributed by atoms with Crippen LogP contribution < -0.4 is 5.32 Å². The summed E-state index contributed by atoms with van der Waals surface area (Å²) in [5.41, 5.74) is 0.554. The molecular formula is C24H37N3O3. The first-order valence-corrected chi connectivity index (χ1v) is 11.3. The Kier molecular flexibility index (Phi) is 9.34. The van der Waals surface area contributed by atoms with Gasteiger partial charge >= 0.3 is 0 Å². The fourth-order valence-corrected chi connectivity index (χ4v) is 3.86. The summed E-state index contributed by atoms with van der Waals surface area (Å²) in [4.78, 5) is 42.1. The predicted octanol–water partition coefficient (Wildman–Crippen LogP) is 3.33. The molecule has 0 radical (unpaired) electrons. The zero-order valence-corrected chi connectivity index (χ0v) is 18.9. The lowest BCUT2D eigenvalue weighted by molar-refractivity contribution is -0.141. The van der Waals surface area contributed by atoms with Crippen LogP contribution in [0.5, 0.6) is 0 Å². The Morgan fingerprint density at radius 2 is 1.77 bits per heavy atom. The monoisotopic (exact) mass is 415 g/mol. The first-order chi connectivity index (χ1) is 14.4. The molecule has 0 spiro atoms. The highest BCUT2D eigenvalue weighted by Crippen LogP contribution is 2.22. The van der Waals surface area contributed by atoms with Gasteiger partial charge in [-0.15, -0.1) is 0 Å². The van der Waals surface area contributed by atoms with Crippen molar-refractivity contribution in [1.29, 1.82) is 0 Å². The molecule has 2 unspecified atom stereocenters. The second-order valence-electron chi connectivity index (χ2n) is 8.42. The van der Waals surface area contributed by atoms with Gasteiger partial charge in [0.05, 0.1) is 0 Å². The van der Waals surface area contributed by atoms with Crippen molar-refractivity contribution in [2.75, 3.05) is 26.7 Å². The molecule has 0 aliphatic carbocycles. The van der Waals surface area contributed by atoms with Crippen LogP contribution in [0.25, 0.3) is 0 Å². The quantitative estimate of drug-likeness (QED) is 0.673. The van der Waals surface area contributed by atoms with E-state index >= 15 is 0 Å². The van der Waals surface area contributed by atoms with Crippen LogP contribution in [0, 0.1) is 11.8 Å². The molecule has 2 atom stereocenters. The van der Waals surface area contributed by atoms with E-state index in [4.69, 9.17) is 0 Å². The van der Waals surface area contributed by atoms with Crippen LogP contribution >= 0.6 is 0 Å². The molecule has 6 heteroatoms. The molecule has 166 valence electrons. The highest BCUT2D eigenvalue weighted by Gasteiger charge is 2.34. The highest BCUT2D eigenvalue weighted by atomic mass is 16.2. The summed E-state index contributed by atoms with van der Waals surface area (Å²) >= 11 is 0. The minimum atomic E-state index is -0.554. The number of nitrogens with one attached hydrogen (secondary N) is 1. The number of nitrogens with zero attached hydrogens (tertiary/aromatic N) is 2. The van der Waals surface area contributed by atoms with Crippen LogP contribution in [0.3, 0.4) is 0 Å². The van der Waals surface area contributed by atoms with Crippen molar-refractivity contribution in [3.05, 3.63) is 35.9 Å². The smallest absolute Gasteiger partial charge is 0.251 e. The van der Waals surface area contributed by atoms with Crippen LogP contribution in [-0.2, 0) is 9.59 Å². The van der Waals surface area contributed by atoms with Gasteiger partial charge in [-0.25, -0.2) is 0 Å². The van der Waals surface area contributed by atoms with Gasteiger partial charge < -0.3 is 15.1 Å². The zero-order valence-electron chi connectivity index (χ0n) is 18.9. The molecule has 30 heavy (non-hydrogen) atoms. The fourth-order valence-electron chi connectivity index (χ4n) is 3.86. The highest BCUT2D eigenvalue weighted by molar-refractivity contribution is 5.97. The third-order valence-corrected chi connectivity index (χ3v) is 6.18. The minimum absolute atomic E-state index is 0.0168. The van der Waals surface area contributed by atoms with Crippen LogP contribution in [0.15, 0.2) is 30.3 Å². The standard InChI is InChI=1S/C24H37N3O3/c1-5-7-15-26(4)23(29)20-13-16-27(17-14-20)24(30)21(18(3)6-2)25-22(28)19-11-9-8-10-12-19/h8-12,18,20-21H,5-7,13-17H2,1-4H3,(H,25,28). The van der Waals surface area contributed by atoms with E-state index in [1.807, 2.05) is 48.9 Å². The summed E-state index contributed by atoms with van der Waals surface area (Å²) < 4.78 is 0. The van der Waals surface area contributed by atoms with Crippen molar-refractivity contribution < 1.29 is 14.4 Å². The van der Waals surface area contributed by atoms with Gasteiger partial charge in [0.25, 0.3) is 5.91 Å². The average molecular weight is 416 g/mol. The largest absolute Gasteiger partial charge is 0.346 e. The molecule has 1 aliphatic heterocycles. The molecule has 2 rings (SSSR count). The lowest BCUT2D eigenvalue weighted by Gasteiger charge is -2.36. The normalized spacial score (nSPS) is 16.6. The van der Waals surface area contributed by atoms with E-state index in [1.165, 1.54) is 0 Å². The average Bonchev–Trinajstić information content (AvgIpc) is 2.80. The second kappa shape index (κ2) is 11.7. The Bertz CT molecular complexity index is 699. The van der Waals surface area contributed by atoms with E-state index in [-0.39, 0.29) is 29.6 Å². The molecule has 1 fully saturated rings. The number of carbonyl (C=O) groups is 3. The Morgan fingerprint density at radius 3 is 2.33 bits per heavy atom. The molecule has 1 saturated heterocycles. The summed E-state index contributed by atoms with van der Waals surface area (Å²) in [6.07, 6.45) is 4.23. The van der Waals surface area contributed by atoms with E-state index in [9.17, 15) is 14.4 Å². The number of benzene rings is 1. The molecule has 1 aromatic carbocycles. The second-order valence-corrected chi connectivity index (χ2v) is 8.42. The molecule has 3 amide bonds. The van der Waals surface area contributed by atoms with E-state index in [2.05, 4.69) is 12.2 Å². The number of amides is 3. The third-order valence-electron chi connectivity index (χ3n) is 6.18. The van der Waals surface area contributed by atoms with Gasteiger partial charge in [-0.1, -0.05) is 51.8 Å². The Morgan fingerprint density at radius 1 is 1.13 bits per heavy atom. The molecule has 0 aromatic heterocycles. The molecule has 1 N–H and O–H groups in total. The summed E-state index contributed by atoms with van der Waals surface area (Å²) in [5.74, 6) is -0.0660. The topological polar surface area (TPSA) is 69.7 Å². The van der Waals surface area contributed by atoms with Gasteiger partial charge in [0.2, 0.25) is 11.8 Å². The van der Waals surface area contributed by atoms with Crippen LogP contribution in [-0.4, -0.2) is 60.2 Å². The van der Waals surface area contributed by atoms with Gasteiger partial charge in [-0.2, -0.15) is 0 Å². The first kappa shape index (κ1) is 23.9. The molecule has 0 bridgehead atoms. The van der Waals surface area contributed by atoms with Crippen molar-refractivity contribution in [3.63, 3.8) is 0 Å². The lowest BCUT2D eigenvalue weighted by atomic mass is 9.92. The van der Waals surface area contributed by atoms with E-state index in [0.29, 0.717) is 31.5 Å². The summed E-state index contributed by atoms with van der Waals surface area (Å²) in [6.45, 7) is 8.04. The number of piperidine rings is 1. The molecule has 0 saturated carbocycles. The van der Waals surface area contributed by atoms with Gasteiger partial charge in [0.15, 0.2) is 0 Å². The summed E-state index contributed by atoms with van der Waals surface area (Å²) in [5, 5.41) is 2.95. The lowest BCUT2D eigenvalue weighted by Crippen LogP contribution is -2.54. The SMILES string of the molecule is CCCCN(C)C(=O)C1CCN(C(=O)C(NC(=O)c2ccccc2)C(C)CC)CC1. The molecule has 1 heterocycles. The van der Waals surface area contributed by atoms with Crippen molar-refractivity contribution in [1.82, 2.24) is 15.1 Å². The van der Waals surface area contributed by atoms with Gasteiger partial charge in [0.1, 0.15) is 6.04 Å². The Hall–Kier alpha value is -2.37. The third kappa shape index (κ3) is 6.31. The first-order valence-electron chi connectivity index (χ1n) is 11.3. The van der Waals surface area contributed by atoms with E-state index in [1.54, 1.807) is 12.1 Å². The maximum atomic E-state index is 13.2. The number of carbonyl (C=O) groups excluding carboxylic acids is 3. The number of hydrogen-bond acceptors (Lipinski definition) is 3. The van der Waals surface area contributed by atoms with Crippen LogP contribution in [0.1, 0.15) is 63.2 Å². The number of unbranched alkanes of at least 4 members (excludes halogenated alkanes) is 1. The maximum absolute atomic E-state index is 13.2. The van der Waals surface area contributed by atoms with E-state index < -0.39 is 6.04 Å². The van der Waals surface area contributed by atoms with Crippen molar-refractivity contribution in [3.8, 4) is 0 Å². The molecule has 1 aromatic rings. The molecule has 6 nitrogen and oxygen atoms in total.